The molecule has 0 spiro atoms. The van der Waals surface area contributed by atoms with E-state index in [2.05, 4.69) is 0 Å². The highest BCUT2D eigenvalue weighted by molar-refractivity contribution is 7.89. The average molecular weight is 283 g/mol. The molecule has 8 heteroatoms. The summed E-state index contributed by atoms with van der Waals surface area (Å²) in [5.41, 5.74) is 4.92. The molecule has 0 saturated heterocycles. The lowest BCUT2D eigenvalue weighted by Crippen LogP contribution is -2.31. The number of aliphatic hydroxyl groups is 1. The molecular weight excluding hydrogens is 271 g/mol. The molecule has 96 valence electrons. The van der Waals surface area contributed by atoms with Gasteiger partial charge >= 0.3 is 0 Å². The lowest BCUT2D eigenvalue weighted by atomic mass is 10.3. The Labute approximate surface area is 103 Å². The number of sulfonamides is 1. The van der Waals surface area contributed by atoms with Gasteiger partial charge in [0, 0.05) is 11.6 Å². The van der Waals surface area contributed by atoms with Crippen molar-refractivity contribution in [2.45, 2.75) is 17.9 Å². The Balaban J connectivity index is 3.15. The molecular formula is C9H12ClFN2O3S. The summed E-state index contributed by atoms with van der Waals surface area (Å²) in [6.07, 6.45) is -0.885. The van der Waals surface area contributed by atoms with Gasteiger partial charge in [-0.05, 0) is 19.1 Å². The van der Waals surface area contributed by atoms with Gasteiger partial charge in [0.25, 0.3) is 0 Å². The first kappa shape index (κ1) is 14.2. The number of nitrogen functional groups attached to an aromatic ring is 1. The number of anilines is 1. The molecule has 0 radical (unpaired) electrons. The molecule has 1 atom stereocenters. The van der Waals surface area contributed by atoms with Crippen LogP contribution in [0, 0.1) is 5.82 Å². The smallest absolute Gasteiger partial charge is 0.243 e. The number of nitrogens with two attached hydrogens (primary N) is 1. The molecule has 0 heterocycles. The van der Waals surface area contributed by atoms with Crippen LogP contribution in [0.1, 0.15) is 6.92 Å². The lowest BCUT2D eigenvalue weighted by molar-refractivity contribution is 0.198. The zero-order valence-electron chi connectivity index (χ0n) is 8.94. The number of rotatable bonds is 4. The van der Waals surface area contributed by atoms with Gasteiger partial charge in [0.05, 0.1) is 11.8 Å². The third kappa shape index (κ3) is 3.53. The van der Waals surface area contributed by atoms with Gasteiger partial charge in [0.15, 0.2) is 5.82 Å². The van der Waals surface area contributed by atoms with Crippen molar-refractivity contribution < 1.29 is 17.9 Å². The normalized spacial score (nSPS) is 13.6. The summed E-state index contributed by atoms with van der Waals surface area (Å²) in [5.74, 6) is -1.06. The third-order valence-electron chi connectivity index (χ3n) is 1.89. The quantitative estimate of drug-likeness (QED) is 0.710. The summed E-state index contributed by atoms with van der Waals surface area (Å²) in [6.45, 7) is 1.17. The second-order valence-corrected chi connectivity index (χ2v) is 5.68. The zero-order valence-corrected chi connectivity index (χ0v) is 10.5. The number of benzene rings is 1. The summed E-state index contributed by atoms with van der Waals surface area (Å²) >= 11 is 5.60. The second kappa shape index (κ2) is 5.18. The van der Waals surface area contributed by atoms with Crippen LogP contribution in [0.2, 0.25) is 5.02 Å². The van der Waals surface area contributed by atoms with Crippen molar-refractivity contribution in [1.29, 1.82) is 0 Å². The van der Waals surface area contributed by atoms with Crippen molar-refractivity contribution in [3.63, 3.8) is 0 Å². The first-order valence-electron chi connectivity index (χ1n) is 4.66. The van der Waals surface area contributed by atoms with Gasteiger partial charge in [-0.3, -0.25) is 0 Å². The van der Waals surface area contributed by atoms with E-state index in [1.54, 1.807) is 0 Å². The Kier molecular flexibility index (Phi) is 4.31. The molecule has 5 nitrogen and oxygen atoms in total. The first-order chi connectivity index (χ1) is 7.74. The van der Waals surface area contributed by atoms with Gasteiger partial charge in [-0.15, -0.1) is 0 Å². The zero-order chi connectivity index (χ0) is 13.2. The fraction of sp³-hybridized carbons (Fsp3) is 0.333. The predicted octanol–water partition coefficient (Wildman–Crippen LogP) is 0.720. The van der Waals surface area contributed by atoms with Gasteiger partial charge in [0.2, 0.25) is 10.0 Å². The largest absolute Gasteiger partial charge is 0.396 e. The van der Waals surface area contributed by atoms with Gasteiger partial charge in [-0.2, -0.15) is 0 Å². The fourth-order valence-corrected chi connectivity index (χ4v) is 2.63. The molecule has 0 aromatic heterocycles. The molecule has 1 rings (SSSR count). The van der Waals surface area contributed by atoms with Crippen LogP contribution < -0.4 is 10.5 Å². The Bertz CT molecular complexity index is 519. The van der Waals surface area contributed by atoms with E-state index < -0.39 is 26.8 Å². The molecule has 0 fully saturated rings. The minimum Gasteiger partial charge on any atom is -0.396 e. The van der Waals surface area contributed by atoms with E-state index >= 15 is 0 Å². The molecule has 4 N–H and O–H groups in total. The highest BCUT2D eigenvalue weighted by Crippen LogP contribution is 2.24. The molecule has 0 aliphatic carbocycles. The monoisotopic (exact) mass is 282 g/mol. The Morgan fingerprint density at radius 2 is 2.18 bits per heavy atom. The number of aliphatic hydroxyl groups excluding tert-OH is 1. The van der Waals surface area contributed by atoms with Crippen LogP contribution in [0.15, 0.2) is 17.0 Å². The Hall–Kier alpha value is -0.890. The SMILES string of the molecule is C[C@@H](O)CNS(=O)(=O)c1cc(Cl)cc(N)c1F. The van der Waals surface area contributed by atoms with Crippen LogP contribution >= 0.6 is 11.6 Å². The topological polar surface area (TPSA) is 92.4 Å². The van der Waals surface area contributed by atoms with Crippen molar-refractivity contribution in [1.82, 2.24) is 4.72 Å². The Morgan fingerprint density at radius 3 is 2.71 bits per heavy atom. The van der Waals surface area contributed by atoms with Crippen molar-refractivity contribution >= 4 is 27.3 Å². The van der Waals surface area contributed by atoms with E-state index in [4.69, 9.17) is 22.4 Å². The van der Waals surface area contributed by atoms with Gasteiger partial charge in [-0.1, -0.05) is 11.6 Å². The predicted molar refractivity (Wildman–Crippen MR) is 62.7 cm³/mol. The van der Waals surface area contributed by atoms with E-state index in [1.807, 2.05) is 4.72 Å². The molecule has 0 saturated carbocycles. The van der Waals surface area contributed by atoms with E-state index in [-0.39, 0.29) is 17.3 Å². The van der Waals surface area contributed by atoms with Gasteiger partial charge < -0.3 is 10.8 Å². The van der Waals surface area contributed by atoms with E-state index in [0.29, 0.717) is 0 Å². The minimum atomic E-state index is -4.08. The standard InChI is InChI=1S/C9H12ClFN2O3S/c1-5(14)4-13-17(15,16)8-3-6(10)2-7(12)9(8)11/h2-3,5,13-14H,4,12H2,1H3/t5-/m1/s1. The van der Waals surface area contributed by atoms with Gasteiger partial charge in [-0.25, -0.2) is 17.5 Å². The van der Waals surface area contributed by atoms with Crippen molar-refractivity contribution in [2.75, 3.05) is 12.3 Å². The number of halogens is 2. The molecule has 0 bridgehead atoms. The number of hydrogen-bond acceptors (Lipinski definition) is 4. The molecule has 0 amide bonds. The molecule has 1 aromatic rings. The molecule has 17 heavy (non-hydrogen) atoms. The average Bonchev–Trinajstić information content (AvgIpc) is 2.20. The van der Waals surface area contributed by atoms with Crippen molar-refractivity contribution in [3.8, 4) is 0 Å². The van der Waals surface area contributed by atoms with E-state index in [9.17, 15) is 12.8 Å². The van der Waals surface area contributed by atoms with Crippen LogP contribution in [0.5, 0.6) is 0 Å². The summed E-state index contributed by atoms with van der Waals surface area (Å²) < 4.78 is 38.9. The van der Waals surface area contributed by atoms with Crippen LogP contribution in [0.25, 0.3) is 0 Å². The fourth-order valence-electron chi connectivity index (χ4n) is 1.09. The molecule has 0 unspecified atom stereocenters. The molecule has 1 aromatic carbocycles. The summed E-state index contributed by atoms with van der Waals surface area (Å²) in [4.78, 5) is -0.636. The van der Waals surface area contributed by atoms with Crippen LogP contribution in [0.4, 0.5) is 10.1 Å². The summed E-state index contributed by atoms with van der Waals surface area (Å²) in [6, 6.07) is 2.07. The third-order valence-corrected chi connectivity index (χ3v) is 3.53. The Morgan fingerprint density at radius 1 is 1.59 bits per heavy atom. The summed E-state index contributed by atoms with van der Waals surface area (Å²) in [5, 5.41) is 8.98. The molecule has 0 aliphatic rings. The van der Waals surface area contributed by atoms with Crippen LogP contribution in [-0.2, 0) is 10.0 Å². The van der Waals surface area contributed by atoms with Crippen molar-refractivity contribution in [2.24, 2.45) is 0 Å². The highest BCUT2D eigenvalue weighted by Gasteiger charge is 2.21. The maximum Gasteiger partial charge on any atom is 0.243 e. The van der Waals surface area contributed by atoms with Gasteiger partial charge in [0.1, 0.15) is 4.90 Å². The van der Waals surface area contributed by atoms with Crippen LogP contribution in [-0.4, -0.2) is 26.2 Å². The summed E-state index contributed by atoms with van der Waals surface area (Å²) in [7, 11) is -4.08. The van der Waals surface area contributed by atoms with E-state index in [0.717, 1.165) is 12.1 Å². The second-order valence-electron chi connectivity index (χ2n) is 3.51. The van der Waals surface area contributed by atoms with Crippen LogP contribution in [0.3, 0.4) is 0 Å². The lowest BCUT2D eigenvalue weighted by Gasteiger charge is -2.10. The molecule has 0 aliphatic heterocycles. The van der Waals surface area contributed by atoms with E-state index in [1.165, 1.54) is 6.92 Å². The highest BCUT2D eigenvalue weighted by atomic mass is 35.5. The maximum absolute atomic E-state index is 13.5. The minimum absolute atomic E-state index is 0.0151. The number of nitrogens with one attached hydrogen (secondary N) is 1. The maximum atomic E-state index is 13.5. The van der Waals surface area contributed by atoms with Crippen molar-refractivity contribution in [3.05, 3.63) is 23.0 Å². The number of hydrogen-bond donors (Lipinski definition) is 3. The first-order valence-corrected chi connectivity index (χ1v) is 6.52.